The van der Waals surface area contributed by atoms with E-state index in [1.54, 1.807) is 0 Å². The van der Waals surface area contributed by atoms with Crippen molar-refractivity contribution in [3.05, 3.63) is 30.5 Å². The van der Waals surface area contributed by atoms with Crippen LogP contribution >= 0.6 is 24.8 Å². The smallest absolute Gasteiger partial charge is 0.224 e. The van der Waals surface area contributed by atoms with E-state index in [0.717, 1.165) is 23.0 Å². The Bertz CT molecular complexity index is 482. The van der Waals surface area contributed by atoms with Crippen molar-refractivity contribution in [2.45, 2.75) is 19.8 Å². The first-order chi connectivity index (χ1) is 7.31. The van der Waals surface area contributed by atoms with Crippen molar-refractivity contribution in [2.75, 3.05) is 5.32 Å². The van der Waals surface area contributed by atoms with Gasteiger partial charge in [0.25, 0.3) is 0 Å². The predicted molar refractivity (Wildman–Crippen MR) is 76.3 cm³/mol. The highest BCUT2D eigenvalue weighted by Gasteiger charge is 2.05. The number of aromatic nitrogens is 1. The van der Waals surface area contributed by atoms with Gasteiger partial charge < -0.3 is 10.3 Å². The Labute approximate surface area is 113 Å². The third-order valence-corrected chi connectivity index (χ3v) is 2.34. The maximum Gasteiger partial charge on any atom is 0.224 e. The van der Waals surface area contributed by atoms with Crippen LogP contribution in [0.2, 0.25) is 0 Å². The van der Waals surface area contributed by atoms with Crippen LogP contribution in [0.1, 0.15) is 19.8 Å². The summed E-state index contributed by atoms with van der Waals surface area (Å²) >= 11 is 0. The van der Waals surface area contributed by atoms with Crippen LogP contribution < -0.4 is 5.32 Å². The Morgan fingerprint density at radius 2 is 2.00 bits per heavy atom. The molecule has 1 aromatic heterocycles. The molecule has 1 aromatic carbocycles. The Hall–Kier alpha value is -1.19. The molecule has 2 rings (SSSR count). The number of H-pyrrole nitrogens is 1. The zero-order valence-electron chi connectivity index (χ0n) is 9.53. The van der Waals surface area contributed by atoms with E-state index >= 15 is 0 Å². The van der Waals surface area contributed by atoms with Crippen molar-refractivity contribution in [1.29, 1.82) is 0 Å². The molecule has 0 saturated heterocycles. The van der Waals surface area contributed by atoms with Crippen LogP contribution in [0.25, 0.3) is 10.9 Å². The van der Waals surface area contributed by atoms with Crippen LogP contribution in [0.5, 0.6) is 0 Å². The number of anilines is 1. The molecule has 0 bridgehead atoms. The SMILES string of the molecule is CCCC(=O)Nc1c[nH]c2ccccc12.Cl.Cl. The number of hydrogen-bond acceptors (Lipinski definition) is 1. The van der Waals surface area contributed by atoms with Crippen molar-refractivity contribution < 1.29 is 4.79 Å². The molecule has 1 amide bonds. The lowest BCUT2D eigenvalue weighted by molar-refractivity contribution is -0.116. The fourth-order valence-electron chi connectivity index (χ4n) is 1.61. The Balaban J connectivity index is 0.00000128. The molecule has 2 N–H and O–H groups in total. The largest absolute Gasteiger partial charge is 0.359 e. The second-order valence-corrected chi connectivity index (χ2v) is 3.55. The summed E-state index contributed by atoms with van der Waals surface area (Å²) in [6, 6.07) is 7.92. The van der Waals surface area contributed by atoms with Gasteiger partial charge in [-0.25, -0.2) is 0 Å². The van der Waals surface area contributed by atoms with Crippen molar-refractivity contribution >= 4 is 47.3 Å². The first kappa shape index (κ1) is 15.8. The van der Waals surface area contributed by atoms with Gasteiger partial charge in [-0.1, -0.05) is 25.1 Å². The van der Waals surface area contributed by atoms with E-state index in [0.29, 0.717) is 6.42 Å². The van der Waals surface area contributed by atoms with Gasteiger partial charge in [-0.2, -0.15) is 0 Å². The van der Waals surface area contributed by atoms with Crippen LogP contribution in [0.15, 0.2) is 30.5 Å². The van der Waals surface area contributed by atoms with E-state index in [1.807, 2.05) is 37.4 Å². The minimum atomic E-state index is 0. The van der Waals surface area contributed by atoms with Crippen LogP contribution in [0.4, 0.5) is 5.69 Å². The van der Waals surface area contributed by atoms with Gasteiger partial charge in [-0.3, -0.25) is 4.79 Å². The molecule has 0 aliphatic carbocycles. The van der Waals surface area contributed by atoms with E-state index < -0.39 is 0 Å². The molecule has 0 aliphatic rings. The second-order valence-electron chi connectivity index (χ2n) is 3.55. The average Bonchev–Trinajstić information content (AvgIpc) is 2.62. The quantitative estimate of drug-likeness (QED) is 0.880. The topological polar surface area (TPSA) is 44.9 Å². The third kappa shape index (κ3) is 3.65. The van der Waals surface area contributed by atoms with Gasteiger partial charge in [0.2, 0.25) is 5.91 Å². The Morgan fingerprint density at radius 3 is 2.71 bits per heavy atom. The number of nitrogens with one attached hydrogen (secondary N) is 2. The number of carbonyl (C=O) groups is 1. The molecule has 0 saturated carbocycles. The molecule has 0 aliphatic heterocycles. The number of fused-ring (bicyclic) bond motifs is 1. The van der Waals surface area contributed by atoms with Crippen LogP contribution in [-0.4, -0.2) is 10.9 Å². The van der Waals surface area contributed by atoms with E-state index in [1.165, 1.54) is 0 Å². The summed E-state index contributed by atoms with van der Waals surface area (Å²) in [4.78, 5) is 14.6. The maximum absolute atomic E-state index is 11.4. The number of carbonyl (C=O) groups excluding carboxylic acids is 1. The molecule has 2 aromatic rings. The molecule has 0 spiro atoms. The molecule has 0 fully saturated rings. The number of aromatic amines is 1. The number of hydrogen-bond donors (Lipinski definition) is 2. The van der Waals surface area contributed by atoms with Gasteiger partial charge in [-0.05, 0) is 12.5 Å². The monoisotopic (exact) mass is 274 g/mol. The lowest BCUT2D eigenvalue weighted by atomic mass is 10.2. The normalized spacial score (nSPS) is 9.24. The fourth-order valence-corrected chi connectivity index (χ4v) is 1.61. The minimum Gasteiger partial charge on any atom is -0.359 e. The molecule has 0 atom stereocenters. The summed E-state index contributed by atoms with van der Waals surface area (Å²) < 4.78 is 0. The highest BCUT2D eigenvalue weighted by Crippen LogP contribution is 2.22. The van der Waals surface area contributed by atoms with E-state index in [9.17, 15) is 4.79 Å². The van der Waals surface area contributed by atoms with Gasteiger partial charge in [0.1, 0.15) is 0 Å². The van der Waals surface area contributed by atoms with Crippen LogP contribution in [0.3, 0.4) is 0 Å². The first-order valence-electron chi connectivity index (χ1n) is 5.17. The molecule has 0 unspecified atom stereocenters. The standard InChI is InChI=1S/C12H14N2O.2ClH/c1-2-5-12(15)14-11-8-13-10-7-4-3-6-9(10)11;;/h3-4,6-8,13H,2,5H2,1H3,(H,14,15);2*1H. The van der Waals surface area contributed by atoms with Crippen LogP contribution in [-0.2, 0) is 4.79 Å². The summed E-state index contributed by atoms with van der Waals surface area (Å²) in [5, 5.41) is 3.95. The number of para-hydroxylation sites is 1. The molecule has 17 heavy (non-hydrogen) atoms. The fraction of sp³-hybridized carbons (Fsp3) is 0.250. The number of rotatable bonds is 3. The molecular weight excluding hydrogens is 259 g/mol. The Kier molecular flexibility index (Phi) is 6.69. The van der Waals surface area contributed by atoms with E-state index in [2.05, 4.69) is 10.3 Å². The molecule has 3 nitrogen and oxygen atoms in total. The van der Waals surface area contributed by atoms with Gasteiger partial charge in [-0.15, -0.1) is 24.8 Å². The molecule has 1 heterocycles. The molecular formula is C12H16Cl2N2O. The lowest BCUT2D eigenvalue weighted by Crippen LogP contribution is -2.09. The zero-order valence-corrected chi connectivity index (χ0v) is 11.2. The summed E-state index contributed by atoms with van der Waals surface area (Å²) in [5.41, 5.74) is 1.91. The number of benzene rings is 1. The van der Waals surface area contributed by atoms with Gasteiger partial charge in [0.05, 0.1) is 5.69 Å². The van der Waals surface area contributed by atoms with E-state index in [-0.39, 0.29) is 30.7 Å². The average molecular weight is 275 g/mol. The lowest BCUT2D eigenvalue weighted by Gasteiger charge is -2.01. The molecule has 94 valence electrons. The van der Waals surface area contributed by atoms with Crippen molar-refractivity contribution in [1.82, 2.24) is 4.98 Å². The minimum absolute atomic E-state index is 0. The predicted octanol–water partition coefficient (Wildman–Crippen LogP) is 3.75. The van der Waals surface area contributed by atoms with Crippen molar-refractivity contribution in [2.24, 2.45) is 0 Å². The van der Waals surface area contributed by atoms with Crippen LogP contribution in [0, 0.1) is 0 Å². The highest BCUT2D eigenvalue weighted by molar-refractivity contribution is 6.01. The molecule has 0 radical (unpaired) electrons. The molecule has 5 heteroatoms. The Morgan fingerprint density at radius 1 is 1.29 bits per heavy atom. The number of amides is 1. The summed E-state index contributed by atoms with van der Waals surface area (Å²) in [6.45, 7) is 1.99. The van der Waals surface area contributed by atoms with Gasteiger partial charge in [0.15, 0.2) is 0 Å². The summed E-state index contributed by atoms with van der Waals surface area (Å²) in [7, 11) is 0. The van der Waals surface area contributed by atoms with E-state index in [4.69, 9.17) is 0 Å². The van der Waals surface area contributed by atoms with Crippen molar-refractivity contribution in [3.8, 4) is 0 Å². The number of halogens is 2. The summed E-state index contributed by atoms with van der Waals surface area (Å²) in [6.07, 6.45) is 3.27. The van der Waals surface area contributed by atoms with Gasteiger partial charge in [0, 0.05) is 23.5 Å². The zero-order chi connectivity index (χ0) is 10.7. The second kappa shape index (κ2) is 7.20. The highest BCUT2D eigenvalue weighted by atomic mass is 35.5. The third-order valence-electron chi connectivity index (χ3n) is 2.34. The van der Waals surface area contributed by atoms with Gasteiger partial charge >= 0.3 is 0 Å². The first-order valence-corrected chi connectivity index (χ1v) is 5.17. The van der Waals surface area contributed by atoms with Crippen molar-refractivity contribution in [3.63, 3.8) is 0 Å². The summed E-state index contributed by atoms with van der Waals surface area (Å²) in [5.74, 6) is 0.0715. The maximum atomic E-state index is 11.4.